The highest BCUT2D eigenvalue weighted by atomic mass is 16.4. The van der Waals surface area contributed by atoms with Gasteiger partial charge < -0.3 is 10.0 Å². The Kier molecular flexibility index (Phi) is 4.32. The smallest absolute Gasteiger partial charge is 0.305 e. The quantitative estimate of drug-likeness (QED) is 0.849. The lowest BCUT2D eigenvalue weighted by Gasteiger charge is -2.19. The van der Waals surface area contributed by atoms with E-state index in [-0.39, 0.29) is 24.2 Å². The third-order valence-corrected chi connectivity index (χ3v) is 3.16. The molecule has 1 aromatic heterocycles. The molecule has 2 N–H and O–H groups in total. The van der Waals surface area contributed by atoms with Crippen molar-refractivity contribution in [2.75, 3.05) is 13.1 Å². The molecule has 0 saturated carbocycles. The molecule has 0 aliphatic heterocycles. The van der Waals surface area contributed by atoms with Gasteiger partial charge in [0, 0.05) is 18.5 Å². The van der Waals surface area contributed by atoms with E-state index in [1.807, 2.05) is 0 Å². The van der Waals surface area contributed by atoms with Crippen LogP contribution in [0.25, 0.3) is 10.8 Å². The summed E-state index contributed by atoms with van der Waals surface area (Å²) < 4.78 is 0. The van der Waals surface area contributed by atoms with Gasteiger partial charge in [-0.15, -0.1) is 0 Å². The van der Waals surface area contributed by atoms with E-state index in [2.05, 4.69) is 10.2 Å². The zero-order valence-electron chi connectivity index (χ0n) is 11.5. The van der Waals surface area contributed by atoms with Crippen molar-refractivity contribution in [3.63, 3.8) is 0 Å². The molecule has 2 rings (SSSR count). The monoisotopic (exact) mass is 289 g/mol. The van der Waals surface area contributed by atoms with Gasteiger partial charge in [-0.1, -0.05) is 18.2 Å². The highest BCUT2D eigenvalue weighted by Crippen LogP contribution is 2.14. The van der Waals surface area contributed by atoms with Crippen LogP contribution < -0.4 is 5.56 Å². The highest BCUT2D eigenvalue weighted by Gasteiger charge is 2.20. The fraction of sp³-hybridized carbons (Fsp3) is 0.286. The molecule has 7 heteroatoms. The zero-order chi connectivity index (χ0) is 15.4. The summed E-state index contributed by atoms with van der Waals surface area (Å²) >= 11 is 0. The molecule has 1 heterocycles. The average molecular weight is 289 g/mol. The van der Waals surface area contributed by atoms with Crippen LogP contribution in [0.15, 0.2) is 29.1 Å². The van der Waals surface area contributed by atoms with Crippen LogP contribution in [0.3, 0.4) is 0 Å². The van der Waals surface area contributed by atoms with E-state index in [4.69, 9.17) is 5.11 Å². The molecule has 0 fully saturated rings. The van der Waals surface area contributed by atoms with E-state index < -0.39 is 11.9 Å². The number of nitrogens with one attached hydrogen (secondary N) is 1. The molecule has 2 aromatic rings. The Labute approximate surface area is 120 Å². The highest BCUT2D eigenvalue weighted by molar-refractivity contribution is 6.04. The number of aromatic nitrogens is 2. The lowest BCUT2D eigenvalue weighted by atomic mass is 10.1. The summed E-state index contributed by atoms with van der Waals surface area (Å²) in [4.78, 5) is 36.2. The van der Waals surface area contributed by atoms with E-state index in [1.165, 1.54) is 4.90 Å². The third kappa shape index (κ3) is 3.07. The maximum atomic E-state index is 12.5. The van der Waals surface area contributed by atoms with E-state index in [9.17, 15) is 14.4 Å². The van der Waals surface area contributed by atoms with E-state index >= 15 is 0 Å². The summed E-state index contributed by atoms with van der Waals surface area (Å²) in [6, 6.07) is 6.68. The Hall–Kier alpha value is -2.70. The molecule has 1 aromatic carbocycles. The van der Waals surface area contributed by atoms with Crippen LogP contribution in [0.5, 0.6) is 0 Å². The Balaban J connectivity index is 2.41. The van der Waals surface area contributed by atoms with Crippen molar-refractivity contribution in [3.05, 3.63) is 40.3 Å². The Morgan fingerprint density at radius 1 is 1.29 bits per heavy atom. The Morgan fingerprint density at radius 3 is 2.57 bits per heavy atom. The van der Waals surface area contributed by atoms with Crippen molar-refractivity contribution in [2.45, 2.75) is 13.3 Å². The summed E-state index contributed by atoms with van der Waals surface area (Å²) in [5.74, 6) is -1.37. The van der Waals surface area contributed by atoms with Crippen molar-refractivity contribution >= 4 is 22.6 Å². The van der Waals surface area contributed by atoms with Crippen molar-refractivity contribution in [1.82, 2.24) is 15.1 Å². The summed E-state index contributed by atoms with van der Waals surface area (Å²) in [7, 11) is 0. The van der Waals surface area contributed by atoms with Gasteiger partial charge in [-0.05, 0) is 13.0 Å². The number of nitrogens with zero attached hydrogens (tertiary/aromatic N) is 2. The first-order valence-electron chi connectivity index (χ1n) is 6.53. The maximum absolute atomic E-state index is 12.5. The first kappa shape index (κ1) is 14.7. The van der Waals surface area contributed by atoms with Crippen molar-refractivity contribution in [2.24, 2.45) is 0 Å². The van der Waals surface area contributed by atoms with Gasteiger partial charge in [-0.3, -0.25) is 14.4 Å². The predicted molar refractivity (Wildman–Crippen MR) is 76.2 cm³/mol. The van der Waals surface area contributed by atoms with Gasteiger partial charge in [0.05, 0.1) is 11.8 Å². The van der Waals surface area contributed by atoms with Gasteiger partial charge in [0.25, 0.3) is 11.5 Å². The lowest BCUT2D eigenvalue weighted by Crippen LogP contribution is -2.34. The number of carbonyl (C=O) groups excluding carboxylic acids is 1. The Bertz CT molecular complexity index is 738. The van der Waals surface area contributed by atoms with E-state index in [0.29, 0.717) is 17.3 Å². The van der Waals surface area contributed by atoms with Crippen LogP contribution in [0.4, 0.5) is 0 Å². The van der Waals surface area contributed by atoms with Gasteiger partial charge in [-0.2, -0.15) is 5.10 Å². The van der Waals surface area contributed by atoms with Gasteiger partial charge in [-0.25, -0.2) is 5.10 Å². The van der Waals surface area contributed by atoms with Crippen LogP contribution in [-0.4, -0.2) is 45.2 Å². The molecule has 7 nitrogen and oxygen atoms in total. The second-order valence-electron chi connectivity index (χ2n) is 4.48. The summed E-state index contributed by atoms with van der Waals surface area (Å²) in [6.07, 6.45) is -0.138. The molecule has 0 unspecified atom stereocenters. The topological polar surface area (TPSA) is 103 Å². The number of carbonyl (C=O) groups is 2. The van der Waals surface area contributed by atoms with Gasteiger partial charge in [0.1, 0.15) is 0 Å². The second kappa shape index (κ2) is 6.17. The van der Waals surface area contributed by atoms with Crippen LogP contribution in [-0.2, 0) is 4.79 Å². The van der Waals surface area contributed by atoms with Gasteiger partial charge >= 0.3 is 5.97 Å². The molecule has 0 radical (unpaired) electrons. The number of benzene rings is 1. The number of carboxylic acid groups (broad SMARTS) is 1. The molecular formula is C14H15N3O4. The predicted octanol–water partition coefficient (Wildman–Crippen LogP) is 0.860. The number of fused-ring (bicyclic) bond motifs is 1. The number of amides is 1. The van der Waals surface area contributed by atoms with Gasteiger partial charge in [0.2, 0.25) is 0 Å². The molecular weight excluding hydrogens is 274 g/mol. The molecule has 21 heavy (non-hydrogen) atoms. The molecule has 110 valence electrons. The van der Waals surface area contributed by atoms with Gasteiger partial charge in [0.15, 0.2) is 5.69 Å². The SMILES string of the molecule is CCN(CCC(=O)O)C(=O)c1n[nH]c(=O)c2ccccc12. The third-order valence-electron chi connectivity index (χ3n) is 3.16. The minimum atomic E-state index is -0.972. The maximum Gasteiger partial charge on any atom is 0.305 e. The molecule has 0 aliphatic carbocycles. The summed E-state index contributed by atoms with van der Waals surface area (Å²) in [5.41, 5.74) is -0.242. The summed E-state index contributed by atoms with van der Waals surface area (Å²) in [5, 5.41) is 15.7. The number of aromatic amines is 1. The fourth-order valence-corrected chi connectivity index (χ4v) is 2.06. The van der Waals surface area contributed by atoms with Crippen LogP contribution in [0, 0.1) is 0 Å². The average Bonchev–Trinajstić information content (AvgIpc) is 2.48. The first-order chi connectivity index (χ1) is 10.0. The summed E-state index contributed by atoms with van der Waals surface area (Å²) in [6.45, 7) is 2.22. The van der Waals surface area contributed by atoms with Crippen molar-refractivity contribution in [3.8, 4) is 0 Å². The van der Waals surface area contributed by atoms with E-state index in [0.717, 1.165) is 0 Å². The zero-order valence-corrected chi connectivity index (χ0v) is 11.5. The minimum Gasteiger partial charge on any atom is -0.481 e. The number of aliphatic carboxylic acids is 1. The largest absolute Gasteiger partial charge is 0.481 e. The normalized spacial score (nSPS) is 10.5. The van der Waals surface area contributed by atoms with Crippen LogP contribution >= 0.6 is 0 Å². The molecule has 0 aliphatic rings. The number of rotatable bonds is 5. The standard InChI is InChI=1S/C14H15N3O4/c1-2-17(8-7-11(18)19)14(21)12-9-5-3-4-6-10(9)13(20)16-15-12/h3-6H,2,7-8H2,1H3,(H,16,20)(H,18,19). The van der Waals surface area contributed by atoms with E-state index in [1.54, 1.807) is 31.2 Å². The van der Waals surface area contributed by atoms with Crippen LogP contribution in [0.2, 0.25) is 0 Å². The lowest BCUT2D eigenvalue weighted by molar-refractivity contribution is -0.137. The van der Waals surface area contributed by atoms with Crippen molar-refractivity contribution in [1.29, 1.82) is 0 Å². The number of hydrogen-bond donors (Lipinski definition) is 2. The molecule has 0 spiro atoms. The Morgan fingerprint density at radius 2 is 1.95 bits per heavy atom. The minimum absolute atomic E-state index is 0.0970. The molecule has 0 saturated heterocycles. The molecule has 0 atom stereocenters. The fourth-order valence-electron chi connectivity index (χ4n) is 2.06. The van der Waals surface area contributed by atoms with Crippen LogP contribution in [0.1, 0.15) is 23.8 Å². The second-order valence-corrected chi connectivity index (χ2v) is 4.48. The molecule has 0 bridgehead atoms. The van der Waals surface area contributed by atoms with Crippen molar-refractivity contribution < 1.29 is 14.7 Å². The molecule has 1 amide bonds. The number of H-pyrrole nitrogens is 1. The first-order valence-corrected chi connectivity index (χ1v) is 6.53. The number of hydrogen-bond acceptors (Lipinski definition) is 4. The number of carboxylic acids is 1.